The fourth-order valence-electron chi connectivity index (χ4n) is 3.06. The van der Waals surface area contributed by atoms with Gasteiger partial charge in [-0.15, -0.1) is 0 Å². The van der Waals surface area contributed by atoms with Crippen LogP contribution in [0.5, 0.6) is 0 Å². The predicted octanol–water partition coefficient (Wildman–Crippen LogP) is 2.97. The van der Waals surface area contributed by atoms with E-state index in [2.05, 4.69) is 27.1 Å². The van der Waals surface area contributed by atoms with Crippen LogP contribution in [0.25, 0.3) is 10.9 Å². The molecule has 1 heterocycles. The first-order valence-electron chi connectivity index (χ1n) is 10.5. The first-order chi connectivity index (χ1) is 15.7. The third kappa shape index (κ3) is 6.20. The number of ether oxygens (including phenoxy) is 1. The summed E-state index contributed by atoms with van der Waals surface area (Å²) in [6.45, 7) is 7.68. The minimum Gasteiger partial charge on any atom is -0.444 e. The van der Waals surface area contributed by atoms with Gasteiger partial charge >= 0.3 is 11.8 Å². The summed E-state index contributed by atoms with van der Waals surface area (Å²) in [5.41, 5.74) is 1.10. The second-order valence-electron chi connectivity index (χ2n) is 8.20. The van der Waals surface area contributed by atoms with Crippen molar-refractivity contribution in [2.45, 2.75) is 39.8 Å². The average molecular weight is 447 g/mol. The predicted molar refractivity (Wildman–Crippen MR) is 126 cm³/mol. The number of hydrogen-bond donors (Lipinski definition) is 2. The molecule has 0 aliphatic carbocycles. The maximum absolute atomic E-state index is 12.8. The highest BCUT2D eigenvalue weighted by Gasteiger charge is 2.15. The zero-order chi connectivity index (χ0) is 24.0. The summed E-state index contributed by atoms with van der Waals surface area (Å²) < 4.78 is 6.57. The van der Waals surface area contributed by atoms with Gasteiger partial charge in [-0.2, -0.15) is 4.99 Å². The Bertz CT molecular complexity index is 1360. The second-order valence-corrected chi connectivity index (χ2v) is 8.20. The normalized spacial score (nSPS) is 11.6. The first-order valence-corrected chi connectivity index (χ1v) is 10.5. The number of aromatic nitrogens is 2. The number of benzene rings is 2. The summed E-state index contributed by atoms with van der Waals surface area (Å²) in [5.74, 6) is 5.29. The number of para-hydroxylation sites is 1. The highest BCUT2D eigenvalue weighted by Crippen LogP contribution is 2.08. The van der Waals surface area contributed by atoms with E-state index < -0.39 is 17.6 Å². The number of rotatable bonds is 3. The maximum atomic E-state index is 12.8. The van der Waals surface area contributed by atoms with Crippen molar-refractivity contribution in [3.8, 4) is 11.8 Å². The Labute approximate surface area is 191 Å². The molecule has 0 bridgehead atoms. The van der Waals surface area contributed by atoms with E-state index in [-0.39, 0.29) is 12.2 Å². The largest absolute Gasteiger partial charge is 0.444 e. The number of nitrogens with zero attached hydrogens (tertiary/aromatic N) is 2. The van der Waals surface area contributed by atoms with Crippen molar-refractivity contribution in [3.63, 3.8) is 0 Å². The highest BCUT2D eigenvalue weighted by molar-refractivity contribution is 5.95. The van der Waals surface area contributed by atoms with Crippen LogP contribution in [0.15, 0.2) is 58.3 Å². The van der Waals surface area contributed by atoms with Crippen LogP contribution in [0.1, 0.15) is 43.6 Å². The molecule has 0 unspecified atom stereocenters. The van der Waals surface area contributed by atoms with Crippen molar-refractivity contribution in [1.82, 2.24) is 14.9 Å². The Morgan fingerprint density at radius 1 is 1.12 bits per heavy atom. The molecule has 33 heavy (non-hydrogen) atoms. The number of fused-ring (bicyclic) bond motifs is 1. The molecular formula is C25H26N4O4. The van der Waals surface area contributed by atoms with Crippen molar-refractivity contribution in [2.24, 2.45) is 4.99 Å². The molecule has 0 atom stereocenters. The van der Waals surface area contributed by atoms with Gasteiger partial charge in [-0.1, -0.05) is 24.0 Å². The molecule has 3 aromatic rings. The molecule has 0 spiro atoms. The fourth-order valence-corrected chi connectivity index (χ4v) is 3.06. The van der Waals surface area contributed by atoms with Gasteiger partial charge in [0, 0.05) is 23.1 Å². The monoisotopic (exact) mass is 446 g/mol. The Balaban J connectivity index is 1.78. The number of aromatic amines is 1. The number of nitrogens with one attached hydrogen (secondary N) is 2. The van der Waals surface area contributed by atoms with Gasteiger partial charge in [0.15, 0.2) is 0 Å². The molecule has 0 aliphatic heterocycles. The van der Waals surface area contributed by atoms with Gasteiger partial charge in [-0.25, -0.2) is 9.59 Å². The number of hydrogen-bond acceptors (Lipinski definition) is 4. The van der Waals surface area contributed by atoms with E-state index in [1.807, 2.05) is 25.1 Å². The molecule has 0 aliphatic rings. The first kappa shape index (κ1) is 23.5. The van der Waals surface area contributed by atoms with Gasteiger partial charge < -0.3 is 15.0 Å². The second kappa shape index (κ2) is 10.0. The molecule has 1 aromatic heterocycles. The van der Waals surface area contributed by atoms with E-state index in [1.54, 1.807) is 51.1 Å². The third-order valence-electron chi connectivity index (χ3n) is 4.52. The van der Waals surface area contributed by atoms with Crippen LogP contribution in [0.2, 0.25) is 0 Å². The summed E-state index contributed by atoms with van der Waals surface area (Å²) in [7, 11) is 0. The molecule has 2 aromatic carbocycles. The van der Waals surface area contributed by atoms with Crippen LogP contribution in [0.4, 0.5) is 4.79 Å². The van der Waals surface area contributed by atoms with E-state index >= 15 is 0 Å². The third-order valence-corrected chi connectivity index (χ3v) is 4.52. The quantitative estimate of drug-likeness (QED) is 0.604. The summed E-state index contributed by atoms with van der Waals surface area (Å²) in [5, 5.41) is 3.25. The molecule has 3 rings (SSSR count). The molecule has 0 fully saturated rings. The highest BCUT2D eigenvalue weighted by atomic mass is 16.6. The lowest BCUT2D eigenvalue weighted by molar-refractivity contribution is 0.0535. The molecule has 8 heteroatoms. The Morgan fingerprint density at radius 3 is 2.48 bits per heavy atom. The Morgan fingerprint density at radius 2 is 1.82 bits per heavy atom. The zero-order valence-corrected chi connectivity index (χ0v) is 19.1. The van der Waals surface area contributed by atoms with Gasteiger partial charge in [-0.05, 0) is 64.1 Å². The molecule has 0 radical (unpaired) electrons. The molecule has 170 valence electrons. The number of amides is 2. The zero-order valence-electron chi connectivity index (χ0n) is 19.1. The van der Waals surface area contributed by atoms with Crippen LogP contribution < -0.4 is 16.5 Å². The SMILES string of the molecule is CCn1c(=O)[nH]c2ccccc2/c1=N\C(=O)c1ccc(C#CCNC(=O)OC(C)(C)C)cc1. The number of carbonyl (C=O) groups excluding carboxylic acids is 2. The van der Waals surface area contributed by atoms with Crippen LogP contribution in [-0.4, -0.2) is 33.7 Å². The van der Waals surface area contributed by atoms with E-state index in [1.165, 1.54) is 4.57 Å². The number of alkyl carbamates (subject to hydrolysis) is 1. The molecule has 0 saturated carbocycles. The summed E-state index contributed by atoms with van der Waals surface area (Å²) in [6.07, 6.45) is -0.532. The molecule has 2 amide bonds. The van der Waals surface area contributed by atoms with Crippen molar-refractivity contribution >= 4 is 22.9 Å². The summed E-state index contributed by atoms with van der Waals surface area (Å²) >= 11 is 0. The minimum atomic E-state index is -0.569. The van der Waals surface area contributed by atoms with Gasteiger partial charge in [0.1, 0.15) is 11.1 Å². The summed E-state index contributed by atoms with van der Waals surface area (Å²) in [6, 6.07) is 13.9. The van der Waals surface area contributed by atoms with Crippen LogP contribution in [0.3, 0.4) is 0 Å². The van der Waals surface area contributed by atoms with Gasteiger partial charge in [0.05, 0.1) is 12.1 Å². The van der Waals surface area contributed by atoms with Crippen molar-refractivity contribution < 1.29 is 14.3 Å². The van der Waals surface area contributed by atoms with E-state index in [4.69, 9.17) is 4.74 Å². The van der Waals surface area contributed by atoms with Crippen LogP contribution in [-0.2, 0) is 11.3 Å². The van der Waals surface area contributed by atoms with Gasteiger partial charge in [-0.3, -0.25) is 9.36 Å². The lowest BCUT2D eigenvalue weighted by Crippen LogP contribution is -2.36. The minimum absolute atomic E-state index is 0.136. The standard InChI is InChI=1S/C25H26N4O4/c1-5-29-21(19-10-6-7-11-20(19)27-23(29)31)28-22(30)18-14-12-17(13-15-18)9-8-16-26-24(32)33-25(2,3)4/h6-7,10-15H,5,16H2,1-4H3,(H,26,32)(H,27,31)/b28-21+. The topological polar surface area (TPSA) is 106 Å². The van der Waals surface area contributed by atoms with E-state index in [0.29, 0.717) is 34.1 Å². The number of H-pyrrole nitrogens is 1. The smallest absolute Gasteiger partial charge is 0.408 e. The number of carbonyl (C=O) groups is 2. The molecule has 8 nitrogen and oxygen atoms in total. The van der Waals surface area contributed by atoms with Gasteiger partial charge in [0.2, 0.25) is 0 Å². The Hall–Kier alpha value is -4.12. The van der Waals surface area contributed by atoms with Crippen LogP contribution in [0, 0.1) is 11.8 Å². The van der Waals surface area contributed by atoms with Crippen molar-refractivity contribution in [3.05, 3.63) is 75.6 Å². The van der Waals surface area contributed by atoms with E-state index in [9.17, 15) is 14.4 Å². The van der Waals surface area contributed by atoms with Crippen molar-refractivity contribution in [1.29, 1.82) is 0 Å². The molecular weight excluding hydrogens is 420 g/mol. The van der Waals surface area contributed by atoms with Crippen LogP contribution >= 0.6 is 0 Å². The lowest BCUT2D eigenvalue weighted by atomic mass is 10.1. The molecule has 0 saturated heterocycles. The van der Waals surface area contributed by atoms with Gasteiger partial charge in [0.25, 0.3) is 5.91 Å². The summed E-state index contributed by atoms with van der Waals surface area (Å²) in [4.78, 5) is 43.8. The maximum Gasteiger partial charge on any atom is 0.408 e. The Kier molecular flexibility index (Phi) is 7.13. The van der Waals surface area contributed by atoms with E-state index in [0.717, 1.165) is 0 Å². The fraction of sp³-hybridized carbons (Fsp3) is 0.280. The molecule has 2 N–H and O–H groups in total. The average Bonchev–Trinajstić information content (AvgIpc) is 2.76. The lowest BCUT2D eigenvalue weighted by Gasteiger charge is -2.18. The van der Waals surface area contributed by atoms with Crippen molar-refractivity contribution in [2.75, 3.05) is 6.54 Å².